The Bertz CT molecular complexity index is 721. The number of para-hydroxylation sites is 1. The first-order chi connectivity index (χ1) is 12.1. The summed E-state index contributed by atoms with van der Waals surface area (Å²) in [5, 5.41) is 3.93. The van der Waals surface area contributed by atoms with Crippen LogP contribution in [0.1, 0.15) is 40.7 Å². The largest absolute Gasteiger partial charge is 0.488 e. The second-order valence-electron chi connectivity index (χ2n) is 6.24. The fourth-order valence-electron chi connectivity index (χ4n) is 2.95. The van der Waals surface area contributed by atoms with Crippen LogP contribution in [0.3, 0.4) is 0 Å². The summed E-state index contributed by atoms with van der Waals surface area (Å²) in [6.07, 6.45) is 1.00. The molecule has 0 radical (unpaired) electrons. The third kappa shape index (κ3) is 3.85. The van der Waals surface area contributed by atoms with Gasteiger partial charge in [0.15, 0.2) is 0 Å². The lowest BCUT2D eigenvalue weighted by atomic mass is 10.1. The van der Waals surface area contributed by atoms with Crippen molar-refractivity contribution in [2.45, 2.75) is 39.9 Å². The molecule has 134 valence electrons. The van der Waals surface area contributed by atoms with E-state index in [0.717, 1.165) is 23.4 Å². The number of aryl methyl sites for hydroxylation is 2. The van der Waals surface area contributed by atoms with E-state index in [-0.39, 0.29) is 12.0 Å². The SMILES string of the molecule is CC[C@@H]1CN(C(=O)c2ccccc2OCc2c(C)noc2C)CCO1. The quantitative estimate of drug-likeness (QED) is 0.834. The zero-order valence-corrected chi connectivity index (χ0v) is 14.9. The summed E-state index contributed by atoms with van der Waals surface area (Å²) in [5.74, 6) is 1.29. The van der Waals surface area contributed by atoms with E-state index < -0.39 is 0 Å². The molecule has 2 aromatic rings. The zero-order valence-electron chi connectivity index (χ0n) is 14.9. The highest BCUT2D eigenvalue weighted by Crippen LogP contribution is 2.24. The molecule has 0 N–H and O–H groups in total. The number of rotatable bonds is 5. The lowest BCUT2D eigenvalue weighted by Crippen LogP contribution is -2.45. The normalized spacial score (nSPS) is 17.6. The Kier molecular flexibility index (Phi) is 5.38. The topological polar surface area (TPSA) is 64.8 Å². The molecule has 1 amide bonds. The minimum atomic E-state index is -0.0175. The van der Waals surface area contributed by atoms with Gasteiger partial charge in [-0.1, -0.05) is 24.2 Å². The number of nitrogens with zero attached hydrogens (tertiary/aromatic N) is 2. The van der Waals surface area contributed by atoms with Gasteiger partial charge in [0.05, 0.1) is 29.5 Å². The van der Waals surface area contributed by atoms with Crippen LogP contribution in [0.4, 0.5) is 0 Å². The van der Waals surface area contributed by atoms with Crippen LogP contribution in [0.25, 0.3) is 0 Å². The fraction of sp³-hybridized carbons (Fsp3) is 0.474. The maximum Gasteiger partial charge on any atom is 0.257 e. The van der Waals surface area contributed by atoms with Crippen LogP contribution in [0, 0.1) is 13.8 Å². The van der Waals surface area contributed by atoms with E-state index in [4.69, 9.17) is 14.0 Å². The van der Waals surface area contributed by atoms with Crippen molar-refractivity contribution in [2.75, 3.05) is 19.7 Å². The fourth-order valence-corrected chi connectivity index (χ4v) is 2.95. The molecule has 1 aliphatic heterocycles. The number of hydrogen-bond acceptors (Lipinski definition) is 5. The van der Waals surface area contributed by atoms with E-state index >= 15 is 0 Å². The Morgan fingerprint density at radius 3 is 2.88 bits per heavy atom. The molecule has 6 nitrogen and oxygen atoms in total. The van der Waals surface area contributed by atoms with Crippen LogP contribution in [0.15, 0.2) is 28.8 Å². The summed E-state index contributed by atoms with van der Waals surface area (Å²) in [7, 11) is 0. The first-order valence-corrected chi connectivity index (χ1v) is 8.64. The summed E-state index contributed by atoms with van der Waals surface area (Å²) < 4.78 is 16.7. The van der Waals surface area contributed by atoms with E-state index in [0.29, 0.717) is 37.6 Å². The van der Waals surface area contributed by atoms with Gasteiger partial charge in [-0.3, -0.25) is 4.79 Å². The van der Waals surface area contributed by atoms with Gasteiger partial charge in [-0.15, -0.1) is 0 Å². The molecule has 25 heavy (non-hydrogen) atoms. The van der Waals surface area contributed by atoms with Crippen LogP contribution in [-0.2, 0) is 11.3 Å². The second-order valence-corrected chi connectivity index (χ2v) is 6.24. The van der Waals surface area contributed by atoms with Crippen LogP contribution in [-0.4, -0.2) is 41.8 Å². The number of morpholine rings is 1. The Labute approximate surface area is 147 Å². The number of carbonyl (C=O) groups is 1. The van der Waals surface area contributed by atoms with Crippen molar-refractivity contribution in [1.29, 1.82) is 0 Å². The maximum absolute atomic E-state index is 12.9. The van der Waals surface area contributed by atoms with Gasteiger partial charge in [0.2, 0.25) is 0 Å². The van der Waals surface area contributed by atoms with Crippen molar-refractivity contribution in [3.63, 3.8) is 0 Å². The molecule has 0 bridgehead atoms. The van der Waals surface area contributed by atoms with Gasteiger partial charge in [-0.25, -0.2) is 0 Å². The third-order valence-corrected chi connectivity index (χ3v) is 4.55. The highest BCUT2D eigenvalue weighted by molar-refractivity contribution is 5.97. The lowest BCUT2D eigenvalue weighted by Gasteiger charge is -2.32. The Hall–Kier alpha value is -2.34. The van der Waals surface area contributed by atoms with Crippen molar-refractivity contribution < 1.29 is 18.8 Å². The molecule has 1 atom stereocenters. The molecule has 1 saturated heterocycles. The smallest absolute Gasteiger partial charge is 0.257 e. The predicted molar refractivity (Wildman–Crippen MR) is 92.7 cm³/mol. The van der Waals surface area contributed by atoms with Crippen molar-refractivity contribution >= 4 is 5.91 Å². The summed E-state index contributed by atoms with van der Waals surface area (Å²) in [5.41, 5.74) is 2.30. The van der Waals surface area contributed by atoms with E-state index in [1.165, 1.54) is 0 Å². The minimum Gasteiger partial charge on any atom is -0.488 e. The predicted octanol–water partition coefficient (Wildman–Crippen LogP) is 3.12. The molecule has 1 aliphatic rings. The van der Waals surface area contributed by atoms with Crippen LogP contribution >= 0.6 is 0 Å². The summed E-state index contributed by atoms with van der Waals surface area (Å²) in [6, 6.07) is 7.35. The number of amides is 1. The number of benzene rings is 1. The van der Waals surface area contributed by atoms with Gasteiger partial charge in [-0.05, 0) is 32.4 Å². The lowest BCUT2D eigenvalue weighted by molar-refractivity contribution is -0.0227. The van der Waals surface area contributed by atoms with Crippen molar-refractivity contribution in [2.24, 2.45) is 0 Å². The molecule has 0 aliphatic carbocycles. The molecular weight excluding hydrogens is 320 g/mol. The van der Waals surface area contributed by atoms with Gasteiger partial charge in [-0.2, -0.15) is 0 Å². The van der Waals surface area contributed by atoms with Gasteiger partial charge >= 0.3 is 0 Å². The summed E-state index contributed by atoms with van der Waals surface area (Å²) in [6.45, 7) is 7.93. The molecule has 1 aromatic heterocycles. The maximum atomic E-state index is 12.9. The van der Waals surface area contributed by atoms with Gasteiger partial charge < -0.3 is 18.9 Å². The van der Waals surface area contributed by atoms with Crippen LogP contribution < -0.4 is 4.74 Å². The summed E-state index contributed by atoms with van der Waals surface area (Å²) >= 11 is 0. The van der Waals surface area contributed by atoms with E-state index in [2.05, 4.69) is 12.1 Å². The summed E-state index contributed by atoms with van der Waals surface area (Å²) in [4.78, 5) is 14.8. The molecular formula is C19H24N2O4. The van der Waals surface area contributed by atoms with E-state index in [9.17, 15) is 4.79 Å². The highest BCUT2D eigenvalue weighted by Gasteiger charge is 2.26. The van der Waals surface area contributed by atoms with Gasteiger partial charge in [0, 0.05) is 13.1 Å². The molecule has 1 aromatic carbocycles. The second kappa shape index (κ2) is 7.70. The Morgan fingerprint density at radius 2 is 2.16 bits per heavy atom. The minimum absolute atomic E-state index is 0.0175. The molecule has 6 heteroatoms. The zero-order chi connectivity index (χ0) is 17.8. The highest BCUT2D eigenvalue weighted by atomic mass is 16.5. The Morgan fingerprint density at radius 1 is 1.36 bits per heavy atom. The standard InChI is InChI=1S/C19H24N2O4/c1-4-15-11-21(9-10-23-15)19(22)16-7-5-6-8-18(16)24-12-17-13(2)20-25-14(17)3/h5-8,15H,4,9-12H2,1-3H3/t15-/m1/s1. The monoisotopic (exact) mass is 344 g/mol. The molecule has 0 spiro atoms. The Balaban J connectivity index is 1.75. The number of carbonyl (C=O) groups excluding carboxylic acids is 1. The number of ether oxygens (including phenoxy) is 2. The molecule has 0 unspecified atom stereocenters. The van der Waals surface area contributed by atoms with Crippen molar-refractivity contribution in [1.82, 2.24) is 10.1 Å². The average Bonchev–Trinajstić information content (AvgIpc) is 2.97. The average molecular weight is 344 g/mol. The van der Waals surface area contributed by atoms with E-state index in [1.807, 2.05) is 36.9 Å². The number of aromatic nitrogens is 1. The molecule has 1 fully saturated rings. The van der Waals surface area contributed by atoms with Gasteiger partial charge in [0.25, 0.3) is 5.91 Å². The number of hydrogen-bond donors (Lipinski definition) is 0. The van der Waals surface area contributed by atoms with Gasteiger partial charge in [0.1, 0.15) is 18.1 Å². The first-order valence-electron chi connectivity index (χ1n) is 8.64. The van der Waals surface area contributed by atoms with E-state index in [1.54, 1.807) is 6.07 Å². The molecule has 2 heterocycles. The van der Waals surface area contributed by atoms with Crippen molar-refractivity contribution in [3.8, 4) is 5.75 Å². The van der Waals surface area contributed by atoms with Crippen LogP contribution in [0.5, 0.6) is 5.75 Å². The third-order valence-electron chi connectivity index (χ3n) is 4.55. The molecule has 0 saturated carbocycles. The molecule has 3 rings (SSSR count). The van der Waals surface area contributed by atoms with Crippen LogP contribution in [0.2, 0.25) is 0 Å². The van der Waals surface area contributed by atoms with Crippen molar-refractivity contribution in [3.05, 3.63) is 46.8 Å². The first kappa shape index (κ1) is 17.5.